The van der Waals surface area contributed by atoms with Crippen LogP contribution in [0, 0.1) is 0 Å². The molecule has 1 heterocycles. The number of hydrogen-bond donors (Lipinski definition) is 1. The first-order chi connectivity index (χ1) is 5.08. The molecule has 0 aliphatic heterocycles. The van der Waals surface area contributed by atoms with Gasteiger partial charge < -0.3 is 12.9 Å². The summed E-state index contributed by atoms with van der Waals surface area (Å²) in [6, 6.07) is 0. The van der Waals surface area contributed by atoms with Crippen molar-refractivity contribution >= 4 is 13.1 Å². The molecule has 0 aliphatic rings. The molecule has 1 aromatic rings. The van der Waals surface area contributed by atoms with Gasteiger partial charge in [-0.15, -0.1) is 5.98 Å². The fraction of sp³-hybridized carbons (Fsp3) is 0. The molecule has 0 unspecified atom stereocenters. The Bertz CT molecular complexity index is 244. The van der Waals surface area contributed by atoms with Crippen LogP contribution in [0.25, 0.3) is 6.08 Å². The van der Waals surface area contributed by atoms with Crippen LogP contribution in [0.2, 0.25) is 0 Å². The summed E-state index contributed by atoms with van der Waals surface area (Å²) >= 11 is 0. The molecule has 7 heteroatoms. The van der Waals surface area contributed by atoms with E-state index in [2.05, 4.69) is 10.2 Å². The van der Waals surface area contributed by atoms with E-state index in [0.29, 0.717) is 5.56 Å². The van der Waals surface area contributed by atoms with Crippen molar-refractivity contribution in [1.82, 2.24) is 10.2 Å². The minimum Gasteiger partial charge on any atom is -0.445 e. The fourth-order valence-corrected chi connectivity index (χ4v) is 0.572. The van der Waals surface area contributed by atoms with Crippen molar-refractivity contribution in [3.63, 3.8) is 0 Å². The second-order valence-corrected chi connectivity index (χ2v) is 2.02. The first-order valence-electron chi connectivity index (χ1n) is 2.96. The normalized spacial score (nSPS) is 11.6. The molecule has 0 bridgehead atoms. The molecule has 60 valence electrons. The van der Waals surface area contributed by atoms with Gasteiger partial charge in [-0.2, -0.15) is 5.10 Å². The third kappa shape index (κ3) is 5.15. The van der Waals surface area contributed by atoms with E-state index in [1.165, 1.54) is 12.4 Å². The van der Waals surface area contributed by atoms with Crippen molar-refractivity contribution in [2.45, 2.75) is 0 Å². The summed E-state index contributed by atoms with van der Waals surface area (Å²) in [5, 5.41) is 5.89. The number of halogens is 3. The van der Waals surface area contributed by atoms with E-state index in [-0.39, 0.29) is 57.4 Å². The molecule has 0 aromatic carbocycles. The number of nitrogens with one attached hydrogen (secondary N) is 1. The Balaban J connectivity index is 0.00000121. The third-order valence-electron chi connectivity index (χ3n) is 1.03. The topological polar surface area (TPSA) is 28.7 Å². The number of aromatic amines is 1. The maximum atomic E-state index is 11.6. The summed E-state index contributed by atoms with van der Waals surface area (Å²) in [4.78, 5) is 0. The van der Waals surface area contributed by atoms with Gasteiger partial charge in [0.25, 0.3) is 0 Å². The molecule has 1 aromatic heterocycles. The van der Waals surface area contributed by atoms with E-state index in [1.807, 2.05) is 0 Å². The van der Waals surface area contributed by atoms with Crippen molar-refractivity contribution in [1.29, 1.82) is 0 Å². The Morgan fingerprint density at radius 2 is 2.08 bits per heavy atom. The standard InChI is InChI=1S/C5H5BF3N2.K/c7-6(8,9)2-1-5-3-10-11-4-5;/h1-4H,(H,10,11);/q-1;+1/b2-1+;. The fourth-order valence-electron chi connectivity index (χ4n) is 0.572. The number of hydrogen-bond acceptors (Lipinski definition) is 1. The average molecular weight is 200 g/mol. The molecule has 0 atom stereocenters. The van der Waals surface area contributed by atoms with Crippen LogP contribution < -0.4 is 51.4 Å². The molecule has 0 saturated carbocycles. The van der Waals surface area contributed by atoms with Gasteiger partial charge in [-0.25, -0.2) is 0 Å². The van der Waals surface area contributed by atoms with Gasteiger partial charge in [0.15, 0.2) is 0 Å². The van der Waals surface area contributed by atoms with Gasteiger partial charge >= 0.3 is 58.4 Å². The number of aromatic nitrogens is 2. The molecular formula is C5H5BF3KN2. The molecule has 0 fully saturated rings. The number of rotatable bonds is 2. The number of H-pyrrole nitrogens is 1. The SMILES string of the molecule is F[B-](F)(F)/C=C/c1cn[nH]c1.[K+]. The summed E-state index contributed by atoms with van der Waals surface area (Å²) in [5.74, 6) is 0.227. The van der Waals surface area contributed by atoms with Crippen molar-refractivity contribution in [3.8, 4) is 0 Å². The van der Waals surface area contributed by atoms with Gasteiger partial charge in [-0.1, -0.05) is 6.08 Å². The molecular weight excluding hydrogens is 195 g/mol. The van der Waals surface area contributed by atoms with E-state index < -0.39 is 6.98 Å². The smallest absolute Gasteiger partial charge is 0.445 e. The van der Waals surface area contributed by atoms with E-state index in [1.54, 1.807) is 0 Å². The van der Waals surface area contributed by atoms with Gasteiger partial charge in [0.05, 0.1) is 6.20 Å². The first-order valence-corrected chi connectivity index (χ1v) is 2.96. The Morgan fingerprint density at radius 1 is 1.42 bits per heavy atom. The van der Waals surface area contributed by atoms with E-state index >= 15 is 0 Å². The molecule has 0 aliphatic carbocycles. The third-order valence-corrected chi connectivity index (χ3v) is 1.03. The molecule has 0 radical (unpaired) electrons. The Morgan fingerprint density at radius 3 is 2.50 bits per heavy atom. The monoisotopic (exact) mass is 200 g/mol. The first kappa shape index (κ1) is 12.4. The Labute approximate surface area is 110 Å². The zero-order chi connectivity index (χ0) is 8.32. The second kappa shape index (κ2) is 5.23. The summed E-state index contributed by atoms with van der Waals surface area (Å²) in [6.45, 7) is -4.83. The molecule has 2 nitrogen and oxygen atoms in total. The van der Waals surface area contributed by atoms with Crippen molar-refractivity contribution in [2.24, 2.45) is 0 Å². The molecule has 0 amide bonds. The van der Waals surface area contributed by atoms with Crippen LogP contribution in [0.3, 0.4) is 0 Å². The van der Waals surface area contributed by atoms with Crippen LogP contribution in [-0.2, 0) is 0 Å². The largest absolute Gasteiger partial charge is 1.00 e. The van der Waals surface area contributed by atoms with E-state index in [9.17, 15) is 12.9 Å². The predicted molar refractivity (Wildman–Crippen MR) is 36.7 cm³/mol. The maximum Gasteiger partial charge on any atom is 1.00 e. The zero-order valence-electron chi connectivity index (χ0n) is 6.47. The average Bonchev–Trinajstić information content (AvgIpc) is 2.32. The summed E-state index contributed by atoms with van der Waals surface area (Å²) in [5.41, 5.74) is 0.421. The van der Waals surface area contributed by atoms with Crippen molar-refractivity contribution in [2.75, 3.05) is 0 Å². The zero-order valence-corrected chi connectivity index (χ0v) is 9.59. The predicted octanol–water partition coefficient (Wildman–Crippen LogP) is -1.19. The number of nitrogens with zero attached hydrogens (tertiary/aromatic N) is 1. The van der Waals surface area contributed by atoms with Gasteiger partial charge in [0.1, 0.15) is 0 Å². The molecule has 0 spiro atoms. The minimum atomic E-state index is -4.83. The minimum absolute atomic E-state index is 0. The van der Waals surface area contributed by atoms with Crippen LogP contribution in [-0.4, -0.2) is 17.2 Å². The molecule has 1 rings (SSSR count). The van der Waals surface area contributed by atoms with Crippen LogP contribution >= 0.6 is 0 Å². The molecule has 0 saturated heterocycles. The maximum absolute atomic E-state index is 11.6. The van der Waals surface area contributed by atoms with Crippen LogP contribution in [0.4, 0.5) is 12.9 Å². The Hall–Kier alpha value is 0.441. The van der Waals surface area contributed by atoms with Crippen molar-refractivity contribution < 1.29 is 64.3 Å². The van der Waals surface area contributed by atoms with Gasteiger partial charge in [0, 0.05) is 11.8 Å². The van der Waals surface area contributed by atoms with Gasteiger partial charge in [-0.3, -0.25) is 5.10 Å². The Kier molecular flexibility index (Phi) is 5.42. The van der Waals surface area contributed by atoms with E-state index in [4.69, 9.17) is 0 Å². The second-order valence-electron chi connectivity index (χ2n) is 2.02. The van der Waals surface area contributed by atoms with Crippen LogP contribution in [0.5, 0.6) is 0 Å². The summed E-state index contributed by atoms with van der Waals surface area (Å²) in [7, 11) is 0. The quantitative estimate of drug-likeness (QED) is 0.597. The van der Waals surface area contributed by atoms with E-state index in [0.717, 1.165) is 6.08 Å². The van der Waals surface area contributed by atoms with Crippen molar-refractivity contribution in [3.05, 3.63) is 23.9 Å². The van der Waals surface area contributed by atoms with Gasteiger partial charge in [0.2, 0.25) is 0 Å². The van der Waals surface area contributed by atoms with Gasteiger partial charge in [-0.05, 0) is 0 Å². The molecule has 12 heavy (non-hydrogen) atoms. The van der Waals surface area contributed by atoms with Crippen LogP contribution in [0.1, 0.15) is 5.56 Å². The van der Waals surface area contributed by atoms with Crippen LogP contribution in [0.15, 0.2) is 18.4 Å². The summed E-state index contributed by atoms with van der Waals surface area (Å²) < 4.78 is 34.8. The summed E-state index contributed by atoms with van der Waals surface area (Å²) in [6.07, 6.45) is 3.68. The molecule has 1 N–H and O–H groups in total.